The maximum absolute atomic E-state index is 4.05. The van der Waals surface area contributed by atoms with Crippen molar-refractivity contribution in [1.82, 2.24) is 14.9 Å². The van der Waals surface area contributed by atoms with Gasteiger partial charge in [0, 0.05) is 30.7 Å². The summed E-state index contributed by atoms with van der Waals surface area (Å²) in [5.74, 6) is 0. The number of hydrogen-bond acceptors (Lipinski definition) is 2. The van der Waals surface area contributed by atoms with Gasteiger partial charge in [0.15, 0.2) is 0 Å². The second-order valence-corrected chi connectivity index (χ2v) is 4.66. The molecule has 1 N–H and O–H groups in total. The van der Waals surface area contributed by atoms with Crippen molar-refractivity contribution in [3.8, 4) is 5.69 Å². The first-order chi connectivity index (χ1) is 8.92. The molecule has 1 aromatic heterocycles. The second-order valence-electron chi connectivity index (χ2n) is 4.66. The molecule has 0 aliphatic heterocycles. The summed E-state index contributed by atoms with van der Waals surface area (Å²) in [5, 5.41) is 3.57. The molecule has 3 nitrogen and oxygen atoms in total. The number of rotatable bonds is 4. The zero-order chi connectivity index (χ0) is 12.2. The molecule has 0 radical (unpaired) electrons. The van der Waals surface area contributed by atoms with E-state index in [0.29, 0.717) is 6.04 Å². The largest absolute Gasteiger partial charge is 0.309 e. The minimum absolute atomic E-state index is 0.623. The van der Waals surface area contributed by atoms with E-state index in [4.69, 9.17) is 0 Å². The van der Waals surface area contributed by atoms with Crippen LogP contribution in [0.4, 0.5) is 0 Å². The van der Waals surface area contributed by atoms with E-state index < -0.39 is 0 Å². The lowest BCUT2D eigenvalue weighted by molar-refractivity contribution is 0.538. The fourth-order valence-corrected chi connectivity index (χ4v) is 2.24. The third kappa shape index (κ3) is 2.51. The minimum Gasteiger partial charge on any atom is -0.309 e. The van der Waals surface area contributed by atoms with E-state index in [-0.39, 0.29) is 0 Å². The van der Waals surface area contributed by atoms with E-state index in [2.05, 4.69) is 46.7 Å². The van der Waals surface area contributed by atoms with Gasteiger partial charge in [-0.3, -0.25) is 0 Å². The van der Waals surface area contributed by atoms with Crippen molar-refractivity contribution in [2.45, 2.75) is 25.4 Å². The zero-order valence-corrected chi connectivity index (χ0v) is 10.3. The molecule has 1 aromatic carbocycles. The lowest BCUT2D eigenvalue weighted by Gasteiger charge is -2.12. The summed E-state index contributed by atoms with van der Waals surface area (Å²) in [7, 11) is 0. The van der Waals surface area contributed by atoms with Crippen molar-refractivity contribution in [3.05, 3.63) is 60.7 Å². The van der Waals surface area contributed by atoms with Crippen LogP contribution in [0.1, 0.15) is 18.4 Å². The van der Waals surface area contributed by atoms with E-state index in [1.807, 2.05) is 17.1 Å². The molecular weight excluding hydrogens is 222 g/mol. The van der Waals surface area contributed by atoms with Crippen molar-refractivity contribution in [3.63, 3.8) is 0 Å². The van der Waals surface area contributed by atoms with Crippen molar-refractivity contribution in [2.75, 3.05) is 0 Å². The van der Waals surface area contributed by atoms with Crippen LogP contribution in [0.2, 0.25) is 0 Å². The Labute approximate surface area is 107 Å². The van der Waals surface area contributed by atoms with Gasteiger partial charge < -0.3 is 9.88 Å². The highest BCUT2D eigenvalue weighted by Crippen LogP contribution is 2.12. The normalized spacial score (nSPS) is 15.3. The molecule has 0 bridgehead atoms. The van der Waals surface area contributed by atoms with Gasteiger partial charge in [0.1, 0.15) is 0 Å². The van der Waals surface area contributed by atoms with Crippen molar-refractivity contribution in [2.24, 2.45) is 0 Å². The third-order valence-electron chi connectivity index (χ3n) is 3.34. The Kier molecular flexibility index (Phi) is 3.24. The standard InChI is InChI=1S/C15H17N3/c1-2-4-14(3-1)17-11-13-5-7-15(8-6-13)18-10-9-16-12-18/h1-2,5-10,12,14,17H,3-4,11H2. The molecule has 0 spiro atoms. The van der Waals surface area contributed by atoms with Crippen molar-refractivity contribution in [1.29, 1.82) is 0 Å². The lowest BCUT2D eigenvalue weighted by Crippen LogP contribution is -2.25. The number of benzene rings is 1. The molecule has 0 saturated carbocycles. The Hall–Kier alpha value is -1.87. The molecule has 3 heteroatoms. The first-order valence-electron chi connectivity index (χ1n) is 6.37. The van der Waals surface area contributed by atoms with Gasteiger partial charge >= 0.3 is 0 Å². The van der Waals surface area contributed by atoms with Crippen LogP contribution in [0.25, 0.3) is 5.69 Å². The smallest absolute Gasteiger partial charge is 0.0991 e. The Morgan fingerprint density at radius 2 is 1.94 bits per heavy atom. The topological polar surface area (TPSA) is 29.9 Å². The highest BCUT2D eigenvalue weighted by Gasteiger charge is 2.08. The van der Waals surface area contributed by atoms with Gasteiger partial charge in [0.05, 0.1) is 6.33 Å². The highest BCUT2D eigenvalue weighted by atomic mass is 15.0. The molecule has 2 aromatic rings. The van der Waals surface area contributed by atoms with Gasteiger partial charge in [0.2, 0.25) is 0 Å². The summed E-state index contributed by atoms with van der Waals surface area (Å²) in [6, 6.07) is 9.23. The van der Waals surface area contributed by atoms with Crippen LogP contribution in [0, 0.1) is 0 Å². The molecule has 0 unspecified atom stereocenters. The predicted molar refractivity (Wildman–Crippen MR) is 72.6 cm³/mol. The molecule has 1 aliphatic rings. The summed E-state index contributed by atoms with van der Waals surface area (Å²) in [5.41, 5.74) is 2.48. The number of aromatic nitrogens is 2. The Morgan fingerprint density at radius 1 is 1.17 bits per heavy atom. The van der Waals surface area contributed by atoms with Gasteiger partial charge in [0.25, 0.3) is 0 Å². The maximum atomic E-state index is 4.05. The summed E-state index contributed by atoms with van der Waals surface area (Å²) < 4.78 is 2.01. The Morgan fingerprint density at radius 3 is 2.61 bits per heavy atom. The van der Waals surface area contributed by atoms with Crippen LogP contribution in [-0.2, 0) is 6.54 Å². The molecule has 0 atom stereocenters. The van der Waals surface area contributed by atoms with Gasteiger partial charge in [-0.25, -0.2) is 4.98 Å². The van der Waals surface area contributed by atoms with Crippen LogP contribution in [0.15, 0.2) is 55.1 Å². The number of imidazole rings is 1. The molecule has 1 aliphatic carbocycles. The molecule has 0 saturated heterocycles. The molecule has 1 heterocycles. The number of nitrogens with one attached hydrogen (secondary N) is 1. The molecule has 0 fully saturated rings. The van der Waals surface area contributed by atoms with E-state index in [9.17, 15) is 0 Å². The number of hydrogen-bond donors (Lipinski definition) is 1. The molecule has 0 amide bonds. The minimum atomic E-state index is 0.623. The summed E-state index contributed by atoms with van der Waals surface area (Å²) in [6.45, 7) is 0.941. The lowest BCUT2D eigenvalue weighted by atomic mass is 10.1. The van der Waals surface area contributed by atoms with Crippen LogP contribution < -0.4 is 5.32 Å². The second kappa shape index (κ2) is 5.19. The zero-order valence-electron chi connectivity index (χ0n) is 10.3. The van der Waals surface area contributed by atoms with E-state index in [0.717, 1.165) is 25.1 Å². The molecule has 3 rings (SSSR count). The van der Waals surface area contributed by atoms with Gasteiger partial charge in [-0.05, 0) is 30.5 Å². The molecule has 18 heavy (non-hydrogen) atoms. The highest BCUT2D eigenvalue weighted by molar-refractivity contribution is 5.34. The molecule has 92 valence electrons. The average molecular weight is 239 g/mol. The van der Waals surface area contributed by atoms with Gasteiger partial charge in [-0.2, -0.15) is 0 Å². The van der Waals surface area contributed by atoms with Crippen LogP contribution in [-0.4, -0.2) is 15.6 Å². The van der Waals surface area contributed by atoms with Crippen LogP contribution in [0.5, 0.6) is 0 Å². The van der Waals surface area contributed by atoms with Crippen LogP contribution in [0.3, 0.4) is 0 Å². The third-order valence-corrected chi connectivity index (χ3v) is 3.34. The summed E-state index contributed by atoms with van der Waals surface area (Å²) in [4.78, 5) is 4.05. The van der Waals surface area contributed by atoms with Crippen molar-refractivity contribution < 1.29 is 0 Å². The SMILES string of the molecule is C1=CCC(NCc2ccc(-n3ccnc3)cc2)C1. The average Bonchev–Trinajstić information content (AvgIpc) is 3.10. The number of nitrogens with zero attached hydrogens (tertiary/aromatic N) is 2. The fourth-order valence-electron chi connectivity index (χ4n) is 2.24. The van der Waals surface area contributed by atoms with Gasteiger partial charge in [-0.1, -0.05) is 24.3 Å². The van der Waals surface area contributed by atoms with E-state index in [1.54, 1.807) is 6.20 Å². The fraction of sp³-hybridized carbons (Fsp3) is 0.267. The summed E-state index contributed by atoms with van der Waals surface area (Å²) >= 11 is 0. The monoisotopic (exact) mass is 239 g/mol. The van der Waals surface area contributed by atoms with Crippen LogP contribution >= 0.6 is 0 Å². The Bertz CT molecular complexity index is 503. The van der Waals surface area contributed by atoms with E-state index >= 15 is 0 Å². The quantitative estimate of drug-likeness (QED) is 0.831. The maximum Gasteiger partial charge on any atom is 0.0991 e. The predicted octanol–water partition coefficient (Wildman–Crippen LogP) is 2.68. The van der Waals surface area contributed by atoms with E-state index in [1.165, 1.54) is 5.56 Å². The first-order valence-corrected chi connectivity index (χ1v) is 6.37. The van der Waals surface area contributed by atoms with Crippen molar-refractivity contribution >= 4 is 0 Å². The Balaban J connectivity index is 1.60. The first kappa shape index (κ1) is 11.2. The summed E-state index contributed by atoms with van der Waals surface area (Å²) in [6.07, 6.45) is 12.4. The molecular formula is C15H17N3. The van der Waals surface area contributed by atoms with Gasteiger partial charge in [-0.15, -0.1) is 0 Å².